The first kappa shape index (κ1) is 19.8. The van der Waals surface area contributed by atoms with Crippen molar-refractivity contribution in [1.29, 1.82) is 0 Å². The second-order valence-electron chi connectivity index (χ2n) is 3.69. The van der Waals surface area contributed by atoms with Crippen LogP contribution in [0.4, 0.5) is 0 Å². The standard InChI is InChI=1S/C10H16BrN3O3S2.ClH/c1-12-5-2-6-13-9(15)7-14-19(16,17)10-4-3-8(11)18-10;/h3-4,12,14H,2,5-7H2,1H3,(H,13,15);1H. The maximum atomic E-state index is 11.8. The van der Waals surface area contributed by atoms with Crippen LogP contribution in [-0.2, 0) is 14.8 Å². The molecule has 10 heteroatoms. The maximum Gasteiger partial charge on any atom is 0.250 e. The van der Waals surface area contributed by atoms with Crippen LogP contribution in [0.15, 0.2) is 20.1 Å². The van der Waals surface area contributed by atoms with Crippen molar-refractivity contribution in [3.8, 4) is 0 Å². The molecule has 0 aromatic carbocycles. The van der Waals surface area contributed by atoms with Crippen LogP contribution >= 0.6 is 39.7 Å². The van der Waals surface area contributed by atoms with E-state index >= 15 is 0 Å². The Labute approximate surface area is 137 Å². The monoisotopic (exact) mass is 405 g/mol. The van der Waals surface area contributed by atoms with Gasteiger partial charge in [-0.15, -0.1) is 23.7 Å². The number of carbonyl (C=O) groups excluding carboxylic acids is 1. The molecule has 0 aliphatic carbocycles. The summed E-state index contributed by atoms with van der Waals surface area (Å²) in [6.45, 7) is 1.07. The van der Waals surface area contributed by atoms with Crippen LogP contribution in [0.5, 0.6) is 0 Å². The molecule has 0 fully saturated rings. The molecular weight excluding hydrogens is 390 g/mol. The first-order valence-corrected chi connectivity index (χ1v) is 8.71. The molecule has 0 radical (unpaired) electrons. The molecule has 0 atom stereocenters. The highest BCUT2D eigenvalue weighted by Gasteiger charge is 2.17. The van der Waals surface area contributed by atoms with Gasteiger partial charge in [-0.1, -0.05) is 0 Å². The van der Waals surface area contributed by atoms with Crippen LogP contribution in [0.2, 0.25) is 0 Å². The highest BCUT2D eigenvalue weighted by molar-refractivity contribution is 9.11. The first-order valence-electron chi connectivity index (χ1n) is 5.62. The summed E-state index contributed by atoms with van der Waals surface area (Å²) in [6.07, 6.45) is 0.798. The zero-order valence-electron chi connectivity index (χ0n) is 10.8. The second kappa shape index (κ2) is 9.69. The van der Waals surface area contributed by atoms with Gasteiger partial charge in [0.2, 0.25) is 5.91 Å². The van der Waals surface area contributed by atoms with E-state index in [-0.39, 0.29) is 29.1 Å². The number of amides is 1. The van der Waals surface area contributed by atoms with E-state index in [4.69, 9.17) is 0 Å². The Bertz CT molecular complexity index is 522. The van der Waals surface area contributed by atoms with E-state index in [0.717, 1.165) is 28.1 Å². The summed E-state index contributed by atoms with van der Waals surface area (Å²) >= 11 is 4.29. The van der Waals surface area contributed by atoms with Gasteiger partial charge in [0.1, 0.15) is 4.21 Å². The molecular formula is C10H17BrClN3O3S2. The number of hydrogen-bond acceptors (Lipinski definition) is 5. The van der Waals surface area contributed by atoms with Gasteiger partial charge in [-0.25, -0.2) is 13.1 Å². The van der Waals surface area contributed by atoms with Crippen LogP contribution in [-0.4, -0.2) is 41.0 Å². The molecule has 6 nitrogen and oxygen atoms in total. The van der Waals surface area contributed by atoms with E-state index in [1.54, 1.807) is 6.07 Å². The third kappa shape index (κ3) is 7.00. The number of sulfonamides is 1. The highest BCUT2D eigenvalue weighted by Crippen LogP contribution is 2.25. The van der Waals surface area contributed by atoms with E-state index in [1.807, 2.05) is 7.05 Å². The van der Waals surface area contributed by atoms with Crippen molar-refractivity contribution in [1.82, 2.24) is 15.4 Å². The number of thiophene rings is 1. The maximum absolute atomic E-state index is 11.8. The van der Waals surface area contributed by atoms with Gasteiger partial charge in [0.15, 0.2) is 0 Å². The van der Waals surface area contributed by atoms with Gasteiger partial charge in [-0.3, -0.25) is 4.79 Å². The normalized spacial score (nSPS) is 10.9. The van der Waals surface area contributed by atoms with Crippen molar-refractivity contribution in [2.45, 2.75) is 10.6 Å². The third-order valence-corrected chi connectivity index (χ3v) is 5.68. The van der Waals surface area contributed by atoms with Gasteiger partial charge in [0, 0.05) is 6.54 Å². The third-order valence-electron chi connectivity index (χ3n) is 2.16. The van der Waals surface area contributed by atoms with Crippen molar-refractivity contribution < 1.29 is 13.2 Å². The van der Waals surface area contributed by atoms with Crippen molar-refractivity contribution in [3.05, 3.63) is 15.9 Å². The van der Waals surface area contributed by atoms with Gasteiger partial charge >= 0.3 is 0 Å². The summed E-state index contributed by atoms with van der Waals surface area (Å²) < 4.78 is 26.8. The molecule has 0 aliphatic heterocycles. The number of hydrogen-bond donors (Lipinski definition) is 3. The fraction of sp³-hybridized carbons (Fsp3) is 0.500. The average molecular weight is 407 g/mol. The van der Waals surface area contributed by atoms with Crippen LogP contribution in [0.1, 0.15) is 6.42 Å². The van der Waals surface area contributed by atoms with Crippen LogP contribution in [0.3, 0.4) is 0 Å². The SMILES string of the molecule is CNCCCNC(=O)CNS(=O)(=O)c1ccc(Br)s1.Cl. The van der Waals surface area contributed by atoms with Gasteiger partial charge in [0.05, 0.1) is 10.3 Å². The molecule has 0 spiro atoms. The molecule has 0 aliphatic rings. The molecule has 1 heterocycles. The summed E-state index contributed by atoms with van der Waals surface area (Å²) in [5, 5.41) is 5.59. The van der Waals surface area contributed by atoms with Crippen molar-refractivity contribution in [2.24, 2.45) is 0 Å². The van der Waals surface area contributed by atoms with Crippen LogP contribution in [0, 0.1) is 0 Å². The lowest BCUT2D eigenvalue weighted by Gasteiger charge is -2.06. The molecule has 3 N–H and O–H groups in total. The molecule has 0 unspecified atom stereocenters. The topological polar surface area (TPSA) is 87.3 Å². The largest absolute Gasteiger partial charge is 0.355 e. The zero-order valence-corrected chi connectivity index (χ0v) is 14.8. The Hall–Kier alpha value is -0.190. The van der Waals surface area contributed by atoms with E-state index in [2.05, 4.69) is 31.3 Å². The molecule has 20 heavy (non-hydrogen) atoms. The van der Waals surface area contributed by atoms with Gasteiger partial charge in [0.25, 0.3) is 10.0 Å². The molecule has 1 amide bonds. The Balaban J connectivity index is 0.00000361. The lowest BCUT2D eigenvalue weighted by atomic mass is 10.4. The summed E-state index contributed by atoms with van der Waals surface area (Å²) in [5.41, 5.74) is 0. The predicted molar refractivity (Wildman–Crippen MR) is 86.0 cm³/mol. The molecule has 1 rings (SSSR count). The number of nitrogens with one attached hydrogen (secondary N) is 3. The van der Waals surface area contributed by atoms with E-state index in [9.17, 15) is 13.2 Å². The van der Waals surface area contributed by atoms with Crippen LogP contribution in [0.25, 0.3) is 0 Å². The second-order valence-corrected chi connectivity index (χ2v) is 8.15. The van der Waals surface area contributed by atoms with Crippen LogP contribution < -0.4 is 15.4 Å². The molecule has 0 bridgehead atoms. The lowest BCUT2D eigenvalue weighted by Crippen LogP contribution is -2.37. The molecule has 0 saturated heterocycles. The first-order chi connectivity index (χ1) is 8.95. The quantitative estimate of drug-likeness (QED) is 0.561. The Kier molecular flexibility index (Phi) is 9.60. The van der Waals surface area contributed by atoms with Gasteiger partial charge in [-0.2, -0.15) is 0 Å². The lowest BCUT2D eigenvalue weighted by molar-refractivity contribution is -0.119. The molecule has 116 valence electrons. The van der Waals surface area contributed by atoms with E-state index in [0.29, 0.717) is 6.54 Å². The molecule has 1 aromatic rings. The minimum Gasteiger partial charge on any atom is -0.355 e. The number of halogens is 2. The summed E-state index contributed by atoms with van der Waals surface area (Å²) in [7, 11) is -1.78. The zero-order chi connectivity index (χ0) is 14.3. The van der Waals surface area contributed by atoms with E-state index in [1.165, 1.54) is 6.07 Å². The van der Waals surface area contributed by atoms with Crippen molar-refractivity contribution >= 4 is 55.6 Å². The van der Waals surface area contributed by atoms with Crippen molar-refractivity contribution in [2.75, 3.05) is 26.7 Å². The van der Waals surface area contributed by atoms with Gasteiger partial charge < -0.3 is 10.6 Å². The highest BCUT2D eigenvalue weighted by atomic mass is 79.9. The minimum atomic E-state index is -3.60. The Morgan fingerprint density at radius 1 is 1.35 bits per heavy atom. The fourth-order valence-corrected chi connectivity index (χ4v) is 4.27. The Morgan fingerprint density at radius 2 is 2.05 bits per heavy atom. The molecule has 1 aromatic heterocycles. The van der Waals surface area contributed by atoms with E-state index < -0.39 is 10.0 Å². The van der Waals surface area contributed by atoms with Crippen molar-refractivity contribution in [3.63, 3.8) is 0 Å². The molecule has 0 saturated carbocycles. The summed E-state index contributed by atoms with van der Waals surface area (Å²) in [5.74, 6) is -0.338. The Morgan fingerprint density at radius 3 is 2.60 bits per heavy atom. The smallest absolute Gasteiger partial charge is 0.250 e. The van der Waals surface area contributed by atoms with Gasteiger partial charge in [-0.05, 0) is 48.1 Å². The minimum absolute atomic E-state index is 0. The summed E-state index contributed by atoms with van der Waals surface area (Å²) in [6, 6.07) is 3.14. The predicted octanol–water partition coefficient (Wildman–Crippen LogP) is 0.936. The number of rotatable bonds is 8. The average Bonchev–Trinajstić information content (AvgIpc) is 2.80. The number of carbonyl (C=O) groups is 1. The summed E-state index contributed by atoms with van der Waals surface area (Å²) in [4.78, 5) is 11.4. The fourth-order valence-electron chi connectivity index (χ4n) is 1.23.